The number of ether oxygens (including phenoxy) is 1. The van der Waals surface area contributed by atoms with Gasteiger partial charge in [-0.1, -0.05) is 12.1 Å². The van der Waals surface area contributed by atoms with E-state index in [0.717, 1.165) is 5.56 Å². The van der Waals surface area contributed by atoms with Crippen LogP contribution in [0.5, 0.6) is 5.88 Å². The van der Waals surface area contributed by atoms with E-state index in [4.69, 9.17) is 10.5 Å². The predicted octanol–water partition coefficient (Wildman–Crippen LogP) is 1.59. The van der Waals surface area contributed by atoms with Crippen molar-refractivity contribution < 1.29 is 4.74 Å². The van der Waals surface area contributed by atoms with Crippen molar-refractivity contribution in [1.82, 2.24) is 19.5 Å². The number of methoxy groups -OCH3 is 1. The van der Waals surface area contributed by atoms with E-state index in [0.29, 0.717) is 28.3 Å². The van der Waals surface area contributed by atoms with Gasteiger partial charge >= 0.3 is 0 Å². The summed E-state index contributed by atoms with van der Waals surface area (Å²) in [4.78, 5) is 12.5. The molecule has 7 heteroatoms. The zero-order valence-corrected chi connectivity index (χ0v) is 11.5. The molecule has 0 bridgehead atoms. The van der Waals surface area contributed by atoms with Crippen LogP contribution in [-0.2, 0) is 0 Å². The number of nitrogens with two attached hydrogens (primary N) is 1. The van der Waals surface area contributed by atoms with Crippen molar-refractivity contribution in [3.8, 4) is 17.6 Å². The molecule has 2 N–H and O–H groups in total. The number of aryl methyl sites for hydroxylation is 1. The zero-order valence-electron chi connectivity index (χ0n) is 11.5. The monoisotopic (exact) mass is 280 g/mol. The summed E-state index contributed by atoms with van der Waals surface area (Å²) in [6.07, 6.45) is 1.38. The van der Waals surface area contributed by atoms with Gasteiger partial charge in [-0.05, 0) is 18.6 Å². The first kappa shape index (κ1) is 12.9. The number of fused-ring (bicyclic) bond motifs is 1. The SMILES string of the molecule is COc1ncnc2c1nc(N)n2-c1cccc(C)c1C#N. The normalized spacial score (nSPS) is 10.5. The first-order chi connectivity index (χ1) is 10.2. The van der Waals surface area contributed by atoms with Crippen molar-refractivity contribution in [3.63, 3.8) is 0 Å². The number of aromatic nitrogens is 4. The van der Waals surface area contributed by atoms with E-state index in [9.17, 15) is 5.26 Å². The number of imidazole rings is 1. The molecule has 0 aliphatic carbocycles. The average Bonchev–Trinajstić information content (AvgIpc) is 2.82. The lowest BCUT2D eigenvalue weighted by Gasteiger charge is -2.09. The summed E-state index contributed by atoms with van der Waals surface area (Å²) < 4.78 is 6.79. The minimum absolute atomic E-state index is 0.228. The van der Waals surface area contributed by atoms with Crippen molar-refractivity contribution in [2.45, 2.75) is 6.92 Å². The highest BCUT2D eigenvalue weighted by molar-refractivity contribution is 5.82. The minimum Gasteiger partial charge on any atom is -0.479 e. The number of nitrogen functional groups attached to an aromatic ring is 1. The summed E-state index contributed by atoms with van der Waals surface area (Å²) in [6.45, 7) is 1.87. The van der Waals surface area contributed by atoms with Crippen LogP contribution in [0.3, 0.4) is 0 Å². The van der Waals surface area contributed by atoms with Crippen molar-refractivity contribution in [1.29, 1.82) is 5.26 Å². The predicted molar refractivity (Wildman–Crippen MR) is 77.1 cm³/mol. The number of nitriles is 1. The third-order valence-electron chi connectivity index (χ3n) is 3.23. The Kier molecular flexibility index (Phi) is 2.92. The number of hydrogen-bond donors (Lipinski definition) is 1. The van der Waals surface area contributed by atoms with Gasteiger partial charge in [-0.3, -0.25) is 4.57 Å². The molecule has 2 aromatic heterocycles. The van der Waals surface area contributed by atoms with Gasteiger partial charge in [0.05, 0.1) is 18.4 Å². The van der Waals surface area contributed by atoms with Gasteiger partial charge in [-0.25, -0.2) is 9.97 Å². The molecule has 0 aliphatic heterocycles. The highest BCUT2D eigenvalue weighted by Crippen LogP contribution is 2.28. The van der Waals surface area contributed by atoms with Crippen LogP contribution in [0.4, 0.5) is 5.95 Å². The maximum Gasteiger partial charge on any atom is 0.245 e. The molecule has 7 nitrogen and oxygen atoms in total. The van der Waals surface area contributed by atoms with Gasteiger partial charge in [-0.15, -0.1) is 0 Å². The third kappa shape index (κ3) is 1.85. The molecule has 0 atom stereocenters. The van der Waals surface area contributed by atoms with Crippen LogP contribution in [0, 0.1) is 18.3 Å². The summed E-state index contributed by atoms with van der Waals surface area (Å²) in [5.41, 5.74) is 8.99. The topological polar surface area (TPSA) is 103 Å². The van der Waals surface area contributed by atoms with Crippen molar-refractivity contribution >= 4 is 17.1 Å². The molecular formula is C14H12N6O. The molecule has 2 heterocycles. The molecule has 1 aromatic carbocycles. The Bertz CT molecular complexity index is 877. The Morgan fingerprint density at radius 2 is 2.14 bits per heavy atom. The zero-order chi connectivity index (χ0) is 15.0. The van der Waals surface area contributed by atoms with Crippen LogP contribution in [0.25, 0.3) is 16.9 Å². The molecule has 0 amide bonds. The molecule has 0 saturated carbocycles. The Morgan fingerprint density at radius 1 is 1.33 bits per heavy atom. The van der Waals surface area contributed by atoms with Gasteiger partial charge in [0, 0.05) is 0 Å². The molecule has 0 spiro atoms. The molecule has 21 heavy (non-hydrogen) atoms. The van der Waals surface area contributed by atoms with Crippen LogP contribution in [0.15, 0.2) is 24.5 Å². The summed E-state index contributed by atoms with van der Waals surface area (Å²) in [5.74, 6) is 0.572. The van der Waals surface area contributed by atoms with Crippen molar-refractivity contribution in [3.05, 3.63) is 35.7 Å². The molecule has 0 aliphatic rings. The van der Waals surface area contributed by atoms with Crippen LogP contribution in [-0.4, -0.2) is 26.6 Å². The maximum atomic E-state index is 9.38. The van der Waals surface area contributed by atoms with E-state index in [1.54, 1.807) is 10.6 Å². The third-order valence-corrected chi connectivity index (χ3v) is 3.23. The second kappa shape index (κ2) is 4.76. The number of benzene rings is 1. The molecule has 104 valence electrons. The first-order valence-corrected chi connectivity index (χ1v) is 6.20. The Labute approximate surface area is 120 Å². The maximum absolute atomic E-state index is 9.38. The van der Waals surface area contributed by atoms with Gasteiger partial charge in [0.2, 0.25) is 11.8 Å². The Morgan fingerprint density at radius 3 is 2.86 bits per heavy atom. The van der Waals surface area contributed by atoms with Gasteiger partial charge in [0.1, 0.15) is 12.4 Å². The fourth-order valence-corrected chi connectivity index (χ4v) is 2.26. The van der Waals surface area contributed by atoms with E-state index in [-0.39, 0.29) is 5.95 Å². The summed E-state index contributed by atoms with van der Waals surface area (Å²) in [7, 11) is 1.50. The standard InChI is InChI=1S/C14H12N6O/c1-8-4-3-5-10(9(8)6-15)20-12-11(19-14(20)16)13(21-2)18-7-17-12/h3-5,7H,1-2H3,(H2,16,19). The number of hydrogen-bond acceptors (Lipinski definition) is 6. The number of anilines is 1. The lowest BCUT2D eigenvalue weighted by molar-refractivity contribution is 0.401. The number of rotatable bonds is 2. The van der Waals surface area contributed by atoms with E-state index < -0.39 is 0 Å². The molecule has 3 aromatic rings. The quantitative estimate of drug-likeness (QED) is 0.764. The van der Waals surface area contributed by atoms with Crippen LogP contribution in [0.2, 0.25) is 0 Å². The van der Waals surface area contributed by atoms with Crippen molar-refractivity contribution in [2.24, 2.45) is 0 Å². The molecule has 0 unspecified atom stereocenters. The molecule has 0 saturated heterocycles. The van der Waals surface area contributed by atoms with Gasteiger partial charge in [0.25, 0.3) is 0 Å². The lowest BCUT2D eigenvalue weighted by atomic mass is 10.1. The van der Waals surface area contributed by atoms with E-state index >= 15 is 0 Å². The molecule has 0 fully saturated rings. The molecule has 0 radical (unpaired) electrons. The van der Waals surface area contributed by atoms with Gasteiger partial charge in [-0.2, -0.15) is 10.2 Å². The second-order valence-corrected chi connectivity index (χ2v) is 4.44. The summed E-state index contributed by atoms with van der Waals surface area (Å²) >= 11 is 0. The smallest absolute Gasteiger partial charge is 0.245 e. The lowest BCUT2D eigenvalue weighted by Crippen LogP contribution is -2.04. The molecular weight excluding hydrogens is 268 g/mol. The van der Waals surface area contributed by atoms with E-state index in [2.05, 4.69) is 21.0 Å². The minimum atomic E-state index is 0.228. The first-order valence-electron chi connectivity index (χ1n) is 6.20. The van der Waals surface area contributed by atoms with Crippen LogP contribution in [0.1, 0.15) is 11.1 Å². The fourth-order valence-electron chi connectivity index (χ4n) is 2.26. The summed E-state index contributed by atoms with van der Waals surface area (Å²) in [5, 5.41) is 9.38. The van der Waals surface area contributed by atoms with Crippen molar-refractivity contribution in [2.75, 3.05) is 12.8 Å². The van der Waals surface area contributed by atoms with Gasteiger partial charge in [0.15, 0.2) is 11.2 Å². The highest BCUT2D eigenvalue weighted by atomic mass is 16.5. The number of nitrogens with zero attached hydrogens (tertiary/aromatic N) is 5. The van der Waals surface area contributed by atoms with E-state index in [1.807, 2.05) is 19.1 Å². The summed E-state index contributed by atoms with van der Waals surface area (Å²) in [6, 6.07) is 7.72. The fraction of sp³-hybridized carbons (Fsp3) is 0.143. The Balaban J connectivity index is 2.40. The van der Waals surface area contributed by atoms with Crippen LogP contribution < -0.4 is 10.5 Å². The second-order valence-electron chi connectivity index (χ2n) is 4.44. The molecule has 3 rings (SSSR count). The highest BCUT2D eigenvalue weighted by Gasteiger charge is 2.18. The Hall–Kier alpha value is -3.14. The van der Waals surface area contributed by atoms with Gasteiger partial charge < -0.3 is 10.5 Å². The average molecular weight is 280 g/mol. The largest absolute Gasteiger partial charge is 0.479 e. The van der Waals surface area contributed by atoms with E-state index in [1.165, 1.54) is 13.4 Å². The van der Waals surface area contributed by atoms with Crippen LogP contribution >= 0.6 is 0 Å².